The van der Waals surface area contributed by atoms with Crippen molar-refractivity contribution < 1.29 is 33.0 Å². The van der Waals surface area contributed by atoms with Crippen LogP contribution in [0.15, 0.2) is 34.9 Å². The number of rotatable bonds is 10. The Morgan fingerprint density at radius 3 is 2.31 bits per heavy atom. The molecule has 0 aliphatic carbocycles. The van der Waals surface area contributed by atoms with Crippen LogP contribution in [0.4, 0.5) is 11.4 Å². The molecule has 32 heavy (non-hydrogen) atoms. The lowest BCUT2D eigenvalue weighted by Crippen LogP contribution is -2.32. The highest BCUT2D eigenvalue weighted by atomic mass is 16.5. The number of benzene rings is 1. The van der Waals surface area contributed by atoms with Crippen LogP contribution in [0, 0.1) is 0 Å². The van der Waals surface area contributed by atoms with Crippen molar-refractivity contribution in [2.45, 2.75) is 31.8 Å². The second-order valence-electron chi connectivity index (χ2n) is 7.17. The molecular weight excluding hydrogens is 418 g/mol. The molecule has 1 unspecified atom stereocenters. The number of hydrogen-bond acceptors (Lipinski definition) is 7. The largest absolute Gasteiger partial charge is 0.494 e. The average molecular weight is 445 g/mol. The predicted octanol–water partition coefficient (Wildman–Crippen LogP) is 2.56. The predicted molar refractivity (Wildman–Crippen MR) is 116 cm³/mol. The zero-order chi connectivity index (χ0) is 22.9. The van der Waals surface area contributed by atoms with E-state index < -0.39 is 5.91 Å². The number of carbonyl (C=O) groups excluding carboxylic acids is 3. The summed E-state index contributed by atoms with van der Waals surface area (Å²) >= 11 is 0. The number of nitrogens with one attached hydrogen (secondary N) is 3. The highest BCUT2D eigenvalue weighted by molar-refractivity contribution is 6.04. The number of amides is 3. The van der Waals surface area contributed by atoms with Crippen molar-refractivity contribution in [1.29, 1.82) is 0 Å². The van der Waals surface area contributed by atoms with Gasteiger partial charge in [-0.2, -0.15) is 0 Å². The van der Waals surface area contributed by atoms with Crippen molar-refractivity contribution in [3.05, 3.63) is 36.3 Å². The Kier molecular flexibility index (Phi) is 8.09. The van der Waals surface area contributed by atoms with Crippen molar-refractivity contribution in [3.8, 4) is 11.5 Å². The second-order valence-corrected chi connectivity index (χ2v) is 7.17. The van der Waals surface area contributed by atoms with Crippen LogP contribution >= 0.6 is 0 Å². The normalized spacial score (nSPS) is 15.1. The first-order valence-electron chi connectivity index (χ1n) is 10.3. The maximum atomic E-state index is 12.4. The molecule has 1 atom stereocenters. The first-order valence-corrected chi connectivity index (χ1v) is 10.3. The molecule has 2 heterocycles. The summed E-state index contributed by atoms with van der Waals surface area (Å²) in [6, 6.07) is 6.20. The standard InChI is InChI=1S/C22H27N3O7/c1-29-18-12-16(25-22(28)17-6-4-10-32-17)19(30-2)11-15(18)24-21(27)8-7-20(26)23-13-14-5-3-9-31-14/h4,6,10-12,14H,3,5,7-9,13H2,1-2H3,(H,23,26)(H,24,27)(H,25,28). The third-order valence-electron chi connectivity index (χ3n) is 4.92. The third-order valence-corrected chi connectivity index (χ3v) is 4.92. The minimum absolute atomic E-state index is 0.000191. The van der Waals surface area contributed by atoms with Gasteiger partial charge in [0.2, 0.25) is 11.8 Å². The zero-order valence-corrected chi connectivity index (χ0v) is 18.1. The van der Waals surface area contributed by atoms with E-state index in [1.165, 1.54) is 38.7 Å². The summed E-state index contributed by atoms with van der Waals surface area (Å²) in [5.41, 5.74) is 0.697. The molecule has 1 fully saturated rings. The lowest BCUT2D eigenvalue weighted by molar-refractivity contribution is -0.124. The van der Waals surface area contributed by atoms with Crippen LogP contribution < -0.4 is 25.4 Å². The minimum atomic E-state index is -0.457. The first-order chi connectivity index (χ1) is 15.5. The number of hydrogen-bond donors (Lipinski definition) is 3. The van der Waals surface area contributed by atoms with Crippen molar-refractivity contribution in [2.24, 2.45) is 0 Å². The van der Waals surface area contributed by atoms with Gasteiger partial charge in [0.1, 0.15) is 11.5 Å². The van der Waals surface area contributed by atoms with Gasteiger partial charge in [-0.1, -0.05) is 0 Å². The van der Waals surface area contributed by atoms with E-state index in [0.29, 0.717) is 29.4 Å². The molecule has 0 bridgehead atoms. The topological polar surface area (TPSA) is 128 Å². The molecule has 0 spiro atoms. The van der Waals surface area contributed by atoms with Gasteiger partial charge in [-0.05, 0) is 25.0 Å². The molecule has 172 valence electrons. The Morgan fingerprint density at radius 1 is 1.03 bits per heavy atom. The van der Waals surface area contributed by atoms with Gasteiger partial charge in [0, 0.05) is 38.1 Å². The number of methoxy groups -OCH3 is 2. The van der Waals surface area contributed by atoms with Crippen LogP contribution in [0.2, 0.25) is 0 Å². The smallest absolute Gasteiger partial charge is 0.291 e. The van der Waals surface area contributed by atoms with E-state index in [4.69, 9.17) is 18.6 Å². The highest BCUT2D eigenvalue weighted by Gasteiger charge is 2.19. The van der Waals surface area contributed by atoms with E-state index in [0.717, 1.165) is 19.4 Å². The number of ether oxygens (including phenoxy) is 3. The monoisotopic (exact) mass is 445 g/mol. The molecule has 2 aromatic rings. The summed E-state index contributed by atoms with van der Waals surface area (Å²) in [5.74, 6) is -0.254. The number of furan rings is 1. The summed E-state index contributed by atoms with van der Waals surface area (Å²) < 4.78 is 21.2. The zero-order valence-electron chi connectivity index (χ0n) is 18.1. The summed E-state index contributed by atoms with van der Waals surface area (Å²) in [7, 11) is 2.88. The Labute approximate surface area is 185 Å². The molecule has 1 aromatic heterocycles. The Morgan fingerprint density at radius 2 is 1.72 bits per heavy atom. The molecule has 3 N–H and O–H groups in total. The van der Waals surface area contributed by atoms with Crippen LogP contribution in [0.5, 0.6) is 11.5 Å². The van der Waals surface area contributed by atoms with Crippen LogP contribution in [-0.4, -0.2) is 51.2 Å². The fourth-order valence-electron chi connectivity index (χ4n) is 3.25. The molecule has 1 aliphatic heterocycles. The van der Waals surface area contributed by atoms with E-state index in [2.05, 4.69) is 16.0 Å². The molecule has 1 aromatic carbocycles. The highest BCUT2D eigenvalue weighted by Crippen LogP contribution is 2.36. The van der Waals surface area contributed by atoms with E-state index >= 15 is 0 Å². The molecule has 10 heteroatoms. The number of carbonyl (C=O) groups is 3. The molecule has 0 saturated carbocycles. The molecule has 1 saturated heterocycles. The van der Waals surface area contributed by atoms with Gasteiger partial charge in [0.05, 0.1) is 38.0 Å². The van der Waals surface area contributed by atoms with Gasteiger partial charge in [0.25, 0.3) is 5.91 Å². The molecule has 0 radical (unpaired) electrons. The van der Waals surface area contributed by atoms with E-state index in [-0.39, 0.29) is 36.5 Å². The van der Waals surface area contributed by atoms with E-state index in [1.807, 2.05) is 0 Å². The number of anilines is 2. The summed E-state index contributed by atoms with van der Waals surface area (Å²) in [6.45, 7) is 1.18. The Balaban J connectivity index is 1.58. The van der Waals surface area contributed by atoms with Crippen molar-refractivity contribution in [2.75, 3.05) is 38.0 Å². The quantitative estimate of drug-likeness (QED) is 0.513. The molecular formula is C22H27N3O7. The third kappa shape index (κ3) is 6.24. The van der Waals surface area contributed by atoms with Gasteiger partial charge in [-0.15, -0.1) is 0 Å². The second kappa shape index (κ2) is 11.2. The SMILES string of the molecule is COc1cc(NC(=O)c2ccco2)c(OC)cc1NC(=O)CCC(=O)NCC1CCCO1. The summed E-state index contributed by atoms with van der Waals surface area (Å²) in [4.78, 5) is 36.6. The van der Waals surface area contributed by atoms with Gasteiger partial charge < -0.3 is 34.6 Å². The molecule has 3 rings (SSSR count). The van der Waals surface area contributed by atoms with Crippen LogP contribution in [0.3, 0.4) is 0 Å². The Hall–Kier alpha value is -3.53. The average Bonchev–Trinajstić information content (AvgIpc) is 3.51. The van der Waals surface area contributed by atoms with Gasteiger partial charge in [-0.25, -0.2) is 0 Å². The first kappa shape index (κ1) is 23.1. The summed E-state index contributed by atoms with van der Waals surface area (Å²) in [6.07, 6.45) is 3.43. The Bertz CT molecular complexity index is 937. The molecule has 3 amide bonds. The van der Waals surface area contributed by atoms with E-state index in [9.17, 15) is 14.4 Å². The van der Waals surface area contributed by atoms with Crippen molar-refractivity contribution >= 4 is 29.1 Å². The van der Waals surface area contributed by atoms with Crippen LogP contribution in [0.25, 0.3) is 0 Å². The van der Waals surface area contributed by atoms with Crippen LogP contribution in [-0.2, 0) is 14.3 Å². The fourth-order valence-corrected chi connectivity index (χ4v) is 3.25. The van der Waals surface area contributed by atoms with E-state index in [1.54, 1.807) is 6.07 Å². The maximum absolute atomic E-state index is 12.4. The molecule has 1 aliphatic rings. The maximum Gasteiger partial charge on any atom is 0.291 e. The van der Waals surface area contributed by atoms with Crippen molar-refractivity contribution in [3.63, 3.8) is 0 Å². The fraction of sp³-hybridized carbons (Fsp3) is 0.409. The lowest BCUT2D eigenvalue weighted by atomic mass is 10.2. The summed E-state index contributed by atoms with van der Waals surface area (Å²) in [5, 5.41) is 8.19. The minimum Gasteiger partial charge on any atom is -0.494 e. The van der Waals surface area contributed by atoms with Crippen molar-refractivity contribution in [1.82, 2.24) is 5.32 Å². The lowest BCUT2D eigenvalue weighted by Gasteiger charge is -2.16. The van der Waals surface area contributed by atoms with Crippen LogP contribution in [0.1, 0.15) is 36.2 Å². The van der Waals surface area contributed by atoms with Gasteiger partial charge in [0.15, 0.2) is 5.76 Å². The molecule has 10 nitrogen and oxygen atoms in total. The van der Waals surface area contributed by atoms with Gasteiger partial charge in [-0.3, -0.25) is 14.4 Å². The van der Waals surface area contributed by atoms with Gasteiger partial charge >= 0.3 is 0 Å².